The van der Waals surface area contributed by atoms with E-state index in [1.807, 2.05) is 18.0 Å². The summed E-state index contributed by atoms with van der Waals surface area (Å²) in [7, 11) is 0. The Morgan fingerprint density at radius 3 is 3.21 bits per heavy atom. The van der Waals surface area contributed by atoms with Crippen LogP contribution in [-0.4, -0.2) is 42.1 Å². The van der Waals surface area contributed by atoms with Crippen LogP contribution in [0.4, 0.5) is 4.79 Å². The number of urea groups is 1. The van der Waals surface area contributed by atoms with Crippen molar-refractivity contribution in [3.05, 3.63) is 16.1 Å². The second kappa shape index (κ2) is 6.86. The predicted molar refractivity (Wildman–Crippen MR) is 77.3 cm³/mol. The minimum absolute atomic E-state index is 0.0489. The van der Waals surface area contributed by atoms with Crippen molar-refractivity contribution in [2.75, 3.05) is 26.2 Å². The summed E-state index contributed by atoms with van der Waals surface area (Å²) in [5.41, 5.74) is 5.55. The third-order valence-corrected chi connectivity index (χ3v) is 4.40. The number of nitrogens with one attached hydrogen (secondary N) is 1. The summed E-state index contributed by atoms with van der Waals surface area (Å²) in [6, 6.07) is 0.0489. The summed E-state index contributed by atoms with van der Waals surface area (Å²) >= 11 is 1.69. The lowest BCUT2D eigenvalue weighted by molar-refractivity contribution is 0.207. The smallest absolute Gasteiger partial charge is 0.317 e. The van der Waals surface area contributed by atoms with Crippen LogP contribution in [0.2, 0.25) is 0 Å². The Balaban J connectivity index is 1.67. The largest absolute Gasteiger partial charge is 0.338 e. The van der Waals surface area contributed by atoms with Crippen LogP contribution in [0.25, 0.3) is 0 Å². The molecule has 2 rings (SSSR count). The third-order valence-electron chi connectivity index (χ3n) is 3.43. The van der Waals surface area contributed by atoms with Gasteiger partial charge in [0.1, 0.15) is 0 Å². The Labute approximate surface area is 118 Å². The van der Waals surface area contributed by atoms with E-state index in [4.69, 9.17) is 5.73 Å². The molecule has 0 aromatic carbocycles. The lowest BCUT2D eigenvalue weighted by Gasteiger charge is -2.17. The van der Waals surface area contributed by atoms with Crippen molar-refractivity contribution in [2.24, 2.45) is 11.7 Å². The highest BCUT2D eigenvalue weighted by Crippen LogP contribution is 2.18. The van der Waals surface area contributed by atoms with Gasteiger partial charge in [-0.15, -0.1) is 11.3 Å². The van der Waals surface area contributed by atoms with Crippen LogP contribution in [-0.2, 0) is 6.42 Å². The van der Waals surface area contributed by atoms with Crippen molar-refractivity contribution in [3.63, 3.8) is 0 Å². The number of nitrogens with two attached hydrogens (primary N) is 1. The molecular weight excluding hydrogens is 260 g/mol. The van der Waals surface area contributed by atoms with Gasteiger partial charge in [0.15, 0.2) is 0 Å². The maximum absolute atomic E-state index is 12.0. The topological polar surface area (TPSA) is 71.2 Å². The average molecular weight is 282 g/mol. The lowest BCUT2D eigenvalue weighted by Crippen LogP contribution is -2.39. The summed E-state index contributed by atoms with van der Waals surface area (Å²) in [6.45, 7) is 5.11. The second-order valence-electron chi connectivity index (χ2n) is 5.02. The first kappa shape index (κ1) is 14.3. The Morgan fingerprint density at radius 1 is 1.68 bits per heavy atom. The molecule has 1 fully saturated rings. The van der Waals surface area contributed by atoms with E-state index in [2.05, 4.69) is 10.3 Å². The van der Waals surface area contributed by atoms with Crippen molar-refractivity contribution in [1.82, 2.24) is 15.2 Å². The SMILES string of the molecule is Cc1cnc(CCNC(=O)N2CCC(CCN)C2)s1. The van der Waals surface area contributed by atoms with Gasteiger partial charge in [-0.3, -0.25) is 0 Å². The van der Waals surface area contributed by atoms with Gasteiger partial charge in [0.05, 0.1) is 5.01 Å². The quantitative estimate of drug-likeness (QED) is 0.857. The second-order valence-corrected chi connectivity index (χ2v) is 6.34. The van der Waals surface area contributed by atoms with Gasteiger partial charge in [-0.2, -0.15) is 0 Å². The number of aromatic nitrogens is 1. The molecule has 0 spiro atoms. The molecule has 1 unspecified atom stereocenters. The molecule has 0 bridgehead atoms. The van der Waals surface area contributed by atoms with Gasteiger partial charge in [-0.1, -0.05) is 0 Å². The van der Waals surface area contributed by atoms with Crippen LogP contribution >= 0.6 is 11.3 Å². The molecule has 0 aliphatic carbocycles. The Kier molecular flexibility index (Phi) is 5.15. The molecule has 0 radical (unpaired) electrons. The summed E-state index contributed by atoms with van der Waals surface area (Å²) in [5.74, 6) is 0.581. The third kappa shape index (κ3) is 4.18. The summed E-state index contributed by atoms with van der Waals surface area (Å²) in [6.07, 6.45) is 4.78. The molecule has 1 atom stereocenters. The molecule has 6 heteroatoms. The van der Waals surface area contributed by atoms with E-state index in [0.717, 1.165) is 37.4 Å². The predicted octanol–water partition coefficient (Wildman–Crippen LogP) is 1.37. The summed E-state index contributed by atoms with van der Waals surface area (Å²) in [5, 5.41) is 4.05. The van der Waals surface area contributed by atoms with Gasteiger partial charge < -0.3 is 16.0 Å². The number of thiazole rings is 1. The van der Waals surface area contributed by atoms with Gasteiger partial charge in [0.25, 0.3) is 0 Å². The maximum Gasteiger partial charge on any atom is 0.317 e. The van der Waals surface area contributed by atoms with Crippen LogP contribution in [0.15, 0.2) is 6.20 Å². The zero-order chi connectivity index (χ0) is 13.7. The van der Waals surface area contributed by atoms with E-state index in [0.29, 0.717) is 19.0 Å². The van der Waals surface area contributed by atoms with E-state index in [-0.39, 0.29) is 6.03 Å². The summed E-state index contributed by atoms with van der Waals surface area (Å²) < 4.78 is 0. The van der Waals surface area contributed by atoms with E-state index in [9.17, 15) is 4.79 Å². The van der Waals surface area contributed by atoms with Crippen molar-refractivity contribution in [3.8, 4) is 0 Å². The van der Waals surface area contributed by atoms with E-state index < -0.39 is 0 Å². The molecular formula is C13H22N4OS. The first-order chi connectivity index (χ1) is 9.19. The molecule has 1 aliphatic heterocycles. The Hall–Kier alpha value is -1.14. The van der Waals surface area contributed by atoms with Crippen LogP contribution in [0.5, 0.6) is 0 Å². The number of carbonyl (C=O) groups is 1. The molecule has 2 amide bonds. The molecule has 1 saturated heterocycles. The van der Waals surface area contributed by atoms with Crippen LogP contribution in [0.3, 0.4) is 0 Å². The highest BCUT2D eigenvalue weighted by Gasteiger charge is 2.25. The Bertz CT molecular complexity index is 421. The van der Waals surface area contributed by atoms with Crippen LogP contribution < -0.4 is 11.1 Å². The minimum atomic E-state index is 0.0489. The van der Waals surface area contributed by atoms with Gasteiger partial charge >= 0.3 is 6.03 Å². The minimum Gasteiger partial charge on any atom is -0.338 e. The van der Waals surface area contributed by atoms with Gasteiger partial charge in [-0.05, 0) is 32.2 Å². The number of aryl methyl sites for hydroxylation is 1. The maximum atomic E-state index is 12.0. The van der Waals surface area contributed by atoms with E-state index >= 15 is 0 Å². The van der Waals surface area contributed by atoms with Crippen LogP contribution in [0, 0.1) is 12.8 Å². The number of rotatable bonds is 5. The van der Waals surface area contributed by atoms with Gasteiger partial charge in [-0.25, -0.2) is 9.78 Å². The zero-order valence-corrected chi connectivity index (χ0v) is 12.2. The highest BCUT2D eigenvalue weighted by molar-refractivity contribution is 7.11. The lowest BCUT2D eigenvalue weighted by atomic mass is 10.1. The van der Waals surface area contributed by atoms with Gasteiger partial charge in [0, 0.05) is 37.1 Å². The standard InChI is InChI=1S/C13H22N4OS/c1-10-8-16-12(19-10)3-6-15-13(18)17-7-4-11(9-17)2-5-14/h8,11H,2-7,9,14H2,1H3,(H,15,18). The average Bonchev–Trinajstić information content (AvgIpc) is 2.99. The number of hydrogen-bond acceptors (Lipinski definition) is 4. The van der Waals surface area contributed by atoms with Crippen molar-refractivity contribution in [2.45, 2.75) is 26.2 Å². The molecule has 19 heavy (non-hydrogen) atoms. The number of carbonyl (C=O) groups excluding carboxylic acids is 1. The highest BCUT2D eigenvalue weighted by atomic mass is 32.1. The van der Waals surface area contributed by atoms with E-state index in [1.165, 1.54) is 4.88 Å². The van der Waals surface area contributed by atoms with E-state index in [1.54, 1.807) is 11.3 Å². The monoisotopic (exact) mass is 282 g/mol. The number of nitrogens with zero attached hydrogens (tertiary/aromatic N) is 2. The van der Waals surface area contributed by atoms with Crippen molar-refractivity contribution in [1.29, 1.82) is 0 Å². The fraction of sp³-hybridized carbons (Fsp3) is 0.692. The van der Waals surface area contributed by atoms with Crippen molar-refractivity contribution >= 4 is 17.4 Å². The van der Waals surface area contributed by atoms with Crippen molar-refractivity contribution < 1.29 is 4.79 Å². The molecule has 1 aromatic rings. The van der Waals surface area contributed by atoms with Crippen LogP contribution in [0.1, 0.15) is 22.7 Å². The summed E-state index contributed by atoms with van der Waals surface area (Å²) in [4.78, 5) is 19.4. The number of amides is 2. The fourth-order valence-corrected chi connectivity index (χ4v) is 3.18. The van der Waals surface area contributed by atoms with Gasteiger partial charge in [0.2, 0.25) is 0 Å². The number of hydrogen-bond donors (Lipinski definition) is 2. The Morgan fingerprint density at radius 2 is 2.53 bits per heavy atom. The molecule has 2 heterocycles. The molecule has 0 saturated carbocycles. The normalized spacial score (nSPS) is 18.8. The fourth-order valence-electron chi connectivity index (χ4n) is 2.39. The molecule has 106 valence electrons. The first-order valence-corrected chi connectivity index (χ1v) is 7.65. The zero-order valence-electron chi connectivity index (χ0n) is 11.4. The molecule has 1 aromatic heterocycles. The molecule has 3 N–H and O–H groups in total. The number of likely N-dealkylation sites (tertiary alicyclic amines) is 1. The molecule has 5 nitrogen and oxygen atoms in total. The first-order valence-electron chi connectivity index (χ1n) is 6.83. The molecule has 1 aliphatic rings.